The minimum absolute atomic E-state index is 0.00991. The molecule has 0 saturated carbocycles. The zero-order valence-corrected chi connectivity index (χ0v) is 19.5. The Labute approximate surface area is 197 Å². The summed E-state index contributed by atoms with van der Waals surface area (Å²) in [6, 6.07) is 20.0. The number of fused-ring (bicyclic) bond motifs is 3. The van der Waals surface area contributed by atoms with Gasteiger partial charge < -0.3 is 5.32 Å². The maximum atomic E-state index is 13.4. The van der Waals surface area contributed by atoms with Crippen LogP contribution in [0.2, 0.25) is 10.0 Å². The molecule has 1 aliphatic heterocycles. The van der Waals surface area contributed by atoms with Gasteiger partial charge in [0.1, 0.15) is 5.82 Å². The molecule has 5 heteroatoms. The number of rotatable bonds is 5. The van der Waals surface area contributed by atoms with Crippen LogP contribution in [0.25, 0.3) is 0 Å². The third-order valence-electron chi connectivity index (χ3n) is 6.62. The fourth-order valence-electron chi connectivity index (χ4n) is 5.08. The molecule has 0 bridgehead atoms. The van der Waals surface area contributed by atoms with E-state index in [0.717, 1.165) is 59.2 Å². The second-order valence-electron chi connectivity index (χ2n) is 8.43. The lowest BCUT2D eigenvalue weighted by molar-refractivity contribution is 0.447. The maximum absolute atomic E-state index is 13.4. The van der Waals surface area contributed by atoms with Crippen molar-refractivity contribution in [1.29, 1.82) is 0 Å². The first-order valence-electron chi connectivity index (χ1n) is 10.8. The van der Waals surface area contributed by atoms with E-state index in [1.54, 1.807) is 12.1 Å². The third kappa shape index (κ3) is 4.14. The summed E-state index contributed by atoms with van der Waals surface area (Å²) in [5, 5.41) is 5.19. The lowest BCUT2D eigenvalue weighted by Crippen LogP contribution is -2.42. The van der Waals surface area contributed by atoms with Crippen LogP contribution >= 0.6 is 35.0 Å². The van der Waals surface area contributed by atoms with E-state index < -0.39 is 0 Å². The first-order valence-corrected chi connectivity index (χ1v) is 12.4. The zero-order valence-electron chi connectivity index (χ0n) is 17.1. The van der Waals surface area contributed by atoms with Crippen molar-refractivity contribution in [1.82, 2.24) is 5.32 Å². The number of hydrogen-bond donors (Lipinski definition) is 1. The van der Waals surface area contributed by atoms with Crippen LogP contribution in [-0.4, -0.2) is 12.6 Å². The van der Waals surface area contributed by atoms with Crippen molar-refractivity contribution in [3.8, 4) is 0 Å². The van der Waals surface area contributed by atoms with E-state index in [4.69, 9.17) is 23.2 Å². The summed E-state index contributed by atoms with van der Waals surface area (Å²) >= 11 is 14.6. The second kappa shape index (κ2) is 8.78. The fraction of sp³-hybridized carbons (Fsp3) is 0.308. The molecule has 3 aromatic rings. The van der Waals surface area contributed by atoms with Crippen LogP contribution in [0.5, 0.6) is 0 Å². The Hall–Kier alpha value is -1.52. The van der Waals surface area contributed by atoms with E-state index in [1.807, 2.05) is 42.1 Å². The maximum Gasteiger partial charge on any atom is 0.123 e. The van der Waals surface area contributed by atoms with Crippen molar-refractivity contribution in [2.75, 3.05) is 6.54 Å². The lowest BCUT2D eigenvalue weighted by atomic mass is 9.78. The smallest absolute Gasteiger partial charge is 0.123 e. The van der Waals surface area contributed by atoms with Gasteiger partial charge in [-0.1, -0.05) is 47.5 Å². The molecule has 1 heterocycles. The molecule has 31 heavy (non-hydrogen) atoms. The van der Waals surface area contributed by atoms with Gasteiger partial charge in [-0.3, -0.25) is 0 Å². The molecule has 1 N–H and O–H groups in total. The summed E-state index contributed by atoms with van der Waals surface area (Å²) in [4.78, 5) is 1.13. The Bertz CT molecular complexity index is 1080. The highest BCUT2D eigenvalue weighted by atomic mass is 35.5. The van der Waals surface area contributed by atoms with E-state index in [0.29, 0.717) is 6.04 Å². The summed E-state index contributed by atoms with van der Waals surface area (Å²) in [5.41, 5.74) is 5.22. The highest BCUT2D eigenvalue weighted by Gasteiger charge is 2.48. The van der Waals surface area contributed by atoms with Gasteiger partial charge in [-0.25, -0.2) is 4.39 Å². The number of halogens is 3. The Kier molecular flexibility index (Phi) is 6.04. The first-order chi connectivity index (χ1) is 15.0. The average molecular weight is 472 g/mol. The molecule has 2 unspecified atom stereocenters. The monoisotopic (exact) mass is 471 g/mol. The SMILES string of the molecule is Fc1ccc(SC23CCNC2CCc2cc(CCc4c(Cl)cccc4Cl)ccc23)cc1. The summed E-state index contributed by atoms with van der Waals surface area (Å²) in [7, 11) is 0. The van der Waals surface area contributed by atoms with Crippen molar-refractivity contribution in [3.63, 3.8) is 0 Å². The van der Waals surface area contributed by atoms with Crippen LogP contribution < -0.4 is 5.32 Å². The fourth-order valence-corrected chi connectivity index (χ4v) is 7.22. The topological polar surface area (TPSA) is 12.0 Å². The molecule has 0 aromatic heterocycles. The van der Waals surface area contributed by atoms with E-state index in [2.05, 4.69) is 23.5 Å². The average Bonchev–Trinajstić information content (AvgIpc) is 3.19. The van der Waals surface area contributed by atoms with Crippen molar-refractivity contribution >= 4 is 35.0 Å². The molecule has 2 aliphatic rings. The summed E-state index contributed by atoms with van der Waals surface area (Å²) < 4.78 is 13.4. The largest absolute Gasteiger partial charge is 0.312 e. The van der Waals surface area contributed by atoms with E-state index in [9.17, 15) is 4.39 Å². The van der Waals surface area contributed by atoms with Crippen molar-refractivity contribution in [3.05, 3.63) is 98.8 Å². The van der Waals surface area contributed by atoms with Gasteiger partial charge in [0.15, 0.2) is 0 Å². The summed E-state index contributed by atoms with van der Waals surface area (Å²) in [6.07, 6.45) is 5.04. The minimum Gasteiger partial charge on any atom is -0.312 e. The molecule has 2 atom stereocenters. The van der Waals surface area contributed by atoms with Crippen LogP contribution in [0, 0.1) is 5.82 Å². The van der Waals surface area contributed by atoms with Crippen LogP contribution in [0.1, 0.15) is 35.1 Å². The Morgan fingerprint density at radius 3 is 2.55 bits per heavy atom. The zero-order chi connectivity index (χ0) is 21.4. The van der Waals surface area contributed by atoms with Gasteiger partial charge in [-0.05, 0) is 97.3 Å². The van der Waals surface area contributed by atoms with Crippen LogP contribution in [-0.2, 0) is 24.0 Å². The number of hydrogen-bond acceptors (Lipinski definition) is 2. The molecule has 5 rings (SSSR count). The molecule has 160 valence electrons. The van der Waals surface area contributed by atoms with E-state index in [-0.39, 0.29) is 10.6 Å². The highest BCUT2D eigenvalue weighted by Crippen LogP contribution is 2.53. The molecular weight excluding hydrogens is 448 g/mol. The lowest BCUT2D eigenvalue weighted by Gasteiger charge is -2.40. The number of nitrogens with one attached hydrogen (secondary N) is 1. The van der Waals surface area contributed by atoms with Gasteiger partial charge in [-0.2, -0.15) is 0 Å². The van der Waals surface area contributed by atoms with Gasteiger partial charge in [0, 0.05) is 21.0 Å². The number of benzene rings is 3. The third-order valence-corrected chi connectivity index (χ3v) is 8.91. The van der Waals surface area contributed by atoms with Crippen LogP contribution in [0.15, 0.2) is 65.6 Å². The van der Waals surface area contributed by atoms with Crippen LogP contribution in [0.3, 0.4) is 0 Å². The van der Waals surface area contributed by atoms with Gasteiger partial charge in [0.05, 0.1) is 4.75 Å². The predicted octanol–water partition coefficient (Wildman–Crippen LogP) is 7.21. The summed E-state index contributed by atoms with van der Waals surface area (Å²) in [6.45, 7) is 1.02. The standard InChI is InChI=1S/C26H24Cl2FNS/c27-23-2-1-3-24(28)21(23)11-4-17-5-12-22-18(16-17)6-13-25-26(22,14-15-30-25)31-20-9-7-19(29)8-10-20/h1-3,5,7-10,12,16,25,30H,4,6,11,13-15H2. The Balaban J connectivity index is 1.42. The molecular formula is C26H24Cl2FNS. The summed E-state index contributed by atoms with van der Waals surface area (Å²) in [5.74, 6) is -0.185. The van der Waals surface area contributed by atoms with E-state index >= 15 is 0 Å². The Morgan fingerprint density at radius 2 is 1.77 bits per heavy atom. The Morgan fingerprint density at radius 1 is 1.00 bits per heavy atom. The normalized spacial score (nSPS) is 22.2. The number of thioether (sulfide) groups is 1. The molecule has 0 amide bonds. The second-order valence-corrected chi connectivity index (χ2v) is 10.7. The minimum atomic E-state index is -0.185. The molecule has 1 nitrogen and oxygen atoms in total. The van der Waals surface area contributed by atoms with Gasteiger partial charge in [-0.15, -0.1) is 11.8 Å². The predicted molar refractivity (Wildman–Crippen MR) is 129 cm³/mol. The quantitative estimate of drug-likeness (QED) is 0.421. The van der Waals surface area contributed by atoms with Crippen molar-refractivity contribution in [2.24, 2.45) is 0 Å². The molecule has 1 fully saturated rings. The molecule has 1 saturated heterocycles. The van der Waals surface area contributed by atoms with Gasteiger partial charge in [0.25, 0.3) is 0 Å². The number of aryl methyl sites for hydroxylation is 2. The highest BCUT2D eigenvalue weighted by molar-refractivity contribution is 8.00. The van der Waals surface area contributed by atoms with Crippen molar-refractivity contribution < 1.29 is 4.39 Å². The molecule has 1 aliphatic carbocycles. The van der Waals surface area contributed by atoms with Crippen LogP contribution in [0.4, 0.5) is 4.39 Å². The molecule has 0 radical (unpaired) electrons. The molecule has 0 spiro atoms. The molecule has 3 aromatic carbocycles. The van der Waals surface area contributed by atoms with Crippen molar-refractivity contribution in [2.45, 2.75) is 47.8 Å². The van der Waals surface area contributed by atoms with Gasteiger partial charge >= 0.3 is 0 Å². The van der Waals surface area contributed by atoms with Gasteiger partial charge in [0.2, 0.25) is 0 Å². The van der Waals surface area contributed by atoms with E-state index in [1.165, 1.54) is 16.7 Å². The first kappa shape index (κ1) is 21.3.